The summed E-state index contributed by atoms with van der Waals surface area (Å²) in [5.41, 5.74) is 1.84. The Morgan fingerprint density at radius 3 is 1.04 bits per heavy atom. The number of nitrogens with one attached hydrogen (secondary N) is 2. The van der Waals surface area contributed by atoms with Crippen LogP contribution in [0, 0.1) is 32.1 Å². The van der Waals surface area contributed by atoms with Crippen LogP contribution in [-0.4, -0.2) is 283 Å². The van der Waals surface area contributed by atoms with Gasteiger partial charge in [-0.3, -0.25) is 24.6 Å². The molecule has 0 saturated carbocycles. The molecule has 0 aliphatic heterocycles. The van der Waals surface area contributed by atoms with Gasteiger partial charge in [-0.05, 0) is 339 Å². The van der Waals surface area contributed by atoms with Gasteiger partial charge in [0.15, 0.2) is 0 Å². The Labute approximate surface area is 959 Å². The summed E-state index contributed by atoms with van der Waals surface area (Å²) in [6, 6.07) is 28.7. The topological polar surface area (TPSA) is 753 Å². The molecule has 0 aliphatic rings. The van der Waals surface area contributed by atoms with Crippen LogP contribution >= 0.6 is 203 Å². The maximum atomic E-state index is 12.1. The van der Waals surface area contributed by atoms with Gasteiger partial charge in [0.1, 0.15) is 92.6 Å². The van der Waals surface area contributed by atoms with Gasteiger partial charge in [-0.15, -0.1) is 0 Å². The van der Waals surface area contributed by atoms with Crippen molar-refractivity contribution in [3.63, 3.8) is 0 Å². The maximum absolute atomic E-state index is 12.1. The van der Waals surface area contributed by atoms with Gasteiger partial charge in [-0.25, -0.2) is 102 Å². The molecule has 0 spiro atoms. The molecule has 49 nitrogen and oxygen atoms in total. The molecule has 7 rings (SSSR count). The van der Waals surface area contributed by atoms with Gasteiger partial charge in [-0.1, -0.05) is 12.7 Å². The van der Waals surface area contributed by atoms with Gasteiger partial charge < -0.3 is 98.8 Å². The van der Waals surface area contributed by atoms with Gasteiger partial charge in [0, 0.05) is 49.2 Å². The van der Waals surface area contributed by atoms with Crippen molar-refractivity contribution in [2.45, 2.75) is 47.1 Å². The number of nitrogens with zero attached hydrogens (tertiary/aromatic N) is 1. The van der Waals surface area contributed by atoms with Crippen molar-refractivity contribution >= 4 is 363 Å². The van der Waals surface area contributed by atoms with Gasteiger partial charge >= 0.3 is 65.9 Å². The Hall–Kier alpha value is -6.94. The van der Waals surface area contributed by atoms with Crippen molar-refractivity contribution < 1.29 is 210 Å². The fourth-order valence-electron chi connectivity index (χ4n) is 9.03. The highest BCUT2D eigenvalue weighted by Crippen LogP contribution is 2.34. The quantitative estimate of drug-likeness (QED) is 0.00912. The number of amides is 3. The zero-order chi connectivity index (χ0) is 112. The lowest BCUT2D eigenvalue weighted by Gasteiger charge is -2.25. The van der Waals surface area contributed by atoms with Crippen LogP contribution in [0.5, 0.6) is 23.0 Å². The Bertz CT molecular complexity index is 6740. The van der Waals surface area contributed by atoms with E-state index < -0.39 is 229 Å². The summed E-state index contributed by atoms with van der Waals surface area (Å²) in [5, 5.41) is 5.12. The molecule has 0 heterocycles. The third-order valence-corrected chi connectivity index (χ3v) is 27.6. The van der Waals surface area contributed by atoms with Crippen LogP contribution in [-0.2, 0) is 128 Å². The molecule has 2 N–H and O–H groups in total. The van der Waals surface area contributed by atoms with E-state index in [0.717, 1.165) is 14.3 Å². The van der Waals surface area contributed by atoms with E-state index in [1.54, 1.807) is 70.3 Å². The predicted molar refractivity (Wildman–Crippen MR) is 583 cm³/mol. The Morgan fingerprint density at radius 2 is 0.692 bits per heavy atom. The van der Waals surface area contributed by atoms with Gasteiger partial charge in [0.25, 0.3) is 0 Å². The van der Waals surface area contributed by atoms with Crippen molar-refractivity contribution in [3.05, 3.63) is 199 Å². The zero-order valence-corrected chi connectivity index (χ0v) is 101. The summed E-state index contributed by atoms with van der Waals surface area (Å²) in [7, 11) is -26.5. The summed E-state index contributed by atoms with van der Waals surface area (Å²) in [4.78, 5) is 140. The number of hydrogen-bond acceptors (Lipinski definition) is 46. The number of ether oxygens (including phenoxy) is 13. The highest BCUT2D eigenvalue weighted by molar-refractivity contribution is 14.1. The molecule has 808 valence electrons. The summed E-state index contributed by atoms with van der Waals surface area (Å²) >= 11 is 17.7. The molecule has 0 atom stereocenters. The molecule has 3 amide bonds. The molecule has 0 unspecified atom stereocenters. The first kappa shape index (κ1) is 137. The van der Waals surface area contributed by atoms with E-state index in [0.29, 0.717) is 46.4 Å². The van der Waals surface area contributed by atoms with E-state index in [2.05, 4.69) is 63.5 Å². The highest BCUT2D eigenvalue weighted by Gasteiger charge is 2.27. The van der Waals surface area contributed by atoms with Crippen molar-refractivity contribution in [2.75, 3.05) is 130 Å². The summed E-state index contributed by atoms with van der Waals surface area (Å²) in [6.45, 7) is 8.93. The molecule has 7 aromatic carbocycles. The van der Waals surface area contributed by atoms with Crippen LogP contribution in [0.3, 0.4) is 0 Å². The highest BCUT2D eigenvalue weighted by atomic mass is 127. The Morgan fingerprint density at radius 1 is 0.363 bits per heavy atom. The second-order valence-electron chi connectivity index (χ2n) is 27.9. The standard InChI is InChI=1S/C15H20INO7S.C13H14INO7S.C11H10I3NO6S.2C11H11IO7S.2C10H11IO6S/c1-15(2,3)24-14(19)17(4)12-6-5-10(9-11(12)16)13(18)23-7-8-25(20,21)22;1-2-5-22-13(17)15-11-4-3-9(8-10(11)14)12(16)21-6-7-23(18,19)20;1-5(16)15-10-7(13)4-6(12)8(9(10)14)11(17)21-2-3-22(18,19)20;1-7(13)19-10-6-8(12)2-3-9(10)11(14)18-4-5-20(15,16)17;1-7(13)19-10-6-8(2-3-9(10)12)11(14)18-4-5-20(15,16)17;1-16-9-6-7(11)2-3-8(9)10(12)17-4-5-18(13,14)15;1-16-9-6-7(2-3-8(9)11)10(12)17-4-5-18(13,14)15/h5-6,9H,7-8H2,1-4H3,(H,20,21,22);2-4,8H,1,5-7H2,(H,15,17)(H,18,19,20);4H,2-3H2,1H3,(H,15,16)(H,18,19,20);2*2-3,6H,4-5H2,1H3,(H,15,16,17);2*2-3,6H,4-5H2,1H3,(H,13,14,15)/p-7. The summed E-state index contributed by atoms with van der Waals surface area (Å²) in [6.07, 6.45) is 0.214. The lowest BCUT2D eigenvalue weighted by Crippen LogP contribution is -2.34. The lowest BCUT2D eigenvalue weighted by molar-refractivity contribution is -0.132. The monoisotopic (exact) mass is 3200 g/mol. The second-order valence-corrected chi connectivity index (χ2v) is 49.2. The fourth-order valence-corrected chi connectivity index (χ4v) is 18.6. The van der Waals surface area contributed by atoms with Gasteiger partial charge in [0.05, 0.1) is 181 Å². The van der Waals surface area contributed by atoms with Crippen molar-refractivity contribution in [1.29, 1.82) is 0 Å². The summed E-state index contributed by atoms with van der Waals surface area (Å²) in [5.74, 6) is -11.2. The first-order valence-corrected chi connectivity index (χ1v) is 59.8. The maximum Gasteiger partial charge on any atom is 0.414 e. The van der Waals surface area contributed by atoms with E-state index in [1.165, 1.54) is 119 Å². The molecule has 7 aromatic rings. The van der Waals surface area contributed by atoms with Crippen molar-refractivity contribution in [3.8, 4) is 23.0 Å². The van der Waals surface area contributed by atoms with Crippen LogP contribution in [0.2, 0.25) is 0 Å². The van der Waals surface area contributed by atoms with Crippen LogP contribution in [0.4, 0.5) is 26.7 Å². The number of methoxy groups -OCH3 is 2. The number of rotatable bonds is 37. The number of hydrogen-bond donors (Lipinski definition) is 2. The largest absolute Gasteiger partial charge is 0.748 e. The number of halogens is 9. The van der Waals surface area contributed by atoms with Gasteiger partial charge in [-0.2, -0.15) is 0 Å². The molecule has 0 aliphatic carbocycles. The first-order valence-electron chi connectivity index (χ1n) is 39.0. The average molecular weight is 3200 g/mol. The van der Waals surface area contributed by atoms with Crippen LogP contribution in [0.25, 0.3) is 0 Å². The lowest BCUT2D eigenvalue weighted by atomic mass is 10.2. The molecule has 65 heteroatoms. The zero-order valence-electron chi connectivity index (χ0n) is 76.3. The summed E-state index contributed by atoms with van der Waals surface area (Å²) < 4.78 is 287. The van der Waals surface area contributed by atoms with Crippen LogP contribution < -0.4 is 34.5 Å². The molecule has 0 saturated heterocycles. The van der Waals surface area contributed by atoms with Gasteiger partial charge in [0.2, 0.25) is 5.91 Å². The normalized spacial score (nSPS) is 11.1. The van der Waals surface area contributed by atoms with Crippen molar-refractivity contribution in [1.82, 2.24) is 0 Å². The fraction of sp³-hybridized carbons (Fsp3) is 0.309. The first-order chi connectivity index (χ1) is 67.1. The minimum Gasteiger partial charge on any atom is -0.748 e. The number of anilines is 3. The van der Waals surface area contributed by atoms with E-state index in [9.17, 15) is 148 Å². The number of benzene rings is 7. The number of esters is 9. The average Bonchev–Trinajstić information content (AvgIpc) is 0.796. The minimum atomic E-state index is -4.45. The Kier molecular flexibility index (Phi) is 61.4. The van der Waals surface area contributed by atoms with E-state index in [-0.39, 0.29) is 63.0 Å². The number of carbonyl (C=O) groups excluding carboxylic acids is 12. The minimum absolute atomic E-state index is 0.0133. The van der Waals surface area contributed by atoms with Crippen LogP contribution in [0.15, 0.2) is 128 Å². The van der Waals surface area contributed by atoms with Crippen LogP contribution in [0.1, 0.15) is 114 Å². The molecular weight excluding hydrogens is 3120 g/mol. The number of carbonyl (C=O) groups is 12. The Balaban J connectivity index is 0.000000854. The smallest absolute Gasteiger partial charge is 0.414 e. The molecule has 0 radical (unpaired) electrons. The SMILES string of the molecule is C=CCOC(=O)Nc1ccc(C(=O)OCCS(=O)(=O)[O-])cc1I.CC(=O)Nc1c(I)cc(I)c(C(=O)OCCS(=O)(=O)[O-])c1I.CC(=O)Oc1cc(C(=O)OCCS(=O)(=O)[O-])ccc1I.CC(=O)Oc1cc(I)ccc1C(=O)OCCS(=O)(=O)[O-].CN(C(=O)OC(C)(C)C)c1ccc(C(=O)OCCS(=O)(=O)[O-])cc1I.COc1cc(C(=O)OCCS(=O)(=O)[O-])ccc1I.COc1cc(I)ccc1C(=O)OCCS(=O)(=O)[O-]. The third kappa shape index (κ3) is 60.3. The van der Waals surface area contributed by atoms with E-state index in [1.807, 2.05) is 181 Å². The van der Waals surface area contributed by atoms with Crippen molar-refractivity contribution in [2.24, 2.45) is 0 Å². The third-order valence-electron chi connectivity index (χ3n) is 15.2. The predicted octanol–water partition coefficient (Wildman–Crippen LogP) is 10.1. The molecule has 0 fully saturated rings. The molecule has 0 aromatic heterocycles. The molecular formula is C81H81I9N3O46S7-7. The molecule has 146 heavy (non-hydrogen) atoms. The molecule has 0 bridgehead atoms. The second kappa shape index (κ2) is 65.5. The van der Waals surface area contributed by atoms with E-state index >= 15 is 0 Å². The van der Waals surface area contributed by atoms with E-state index in [4.69, 9.17) is 37.9 Å².